The van der Waals surface area contributed by atoms with E-state index < -0.39 is 0 Å². The second-order valence-electron chi connectivity index (χ2n) is 6.42. The molecule has 1 N–H and O–H groups in total. The minimum Gasteiger partial charge on any atom is -0.385 e. The average Bonchev–Trinajstić information content (AvgIpc) is 3.10. The van der Waals surface area contributed by atoms with Crippen LogP contribution < -0.4 is 5.32 Å². The first-order valence-corrected chi connectivity index (χ1v) is 9.71. The standard InChI is InChI=1S/C20H26N2O2S/c1-15-6-3-4-7-16(15)20-17-9-13-25-18(17)8-11-22(20)19(23)14-21-10-5-12-24-2/h3-4,6-7,9,13,20-21H,5,8,10-12,14H2,1-2H3/t20-/m0/s1. The van der Waals surface area contributed by atoms with E-state index in [2.05, 4.69) is 48.0 Å². The van der Waals surface area contributed by atoms with Crippen LogP contribution in [-0.2, 0) is 16.0 Å². The number of thiophene rings is 1. The molecule has 134 valence electrons. The summed E-state index contributed by atoms with van der Waals surface area (Å²) >= 11 is 1.80. The summed E-state index contributed by atoms with van der Waals surface area (Å²) in [6.07, 6.45) is 1.87. The van der Waals surface area contributed by atoms with E-state index in [1.165, 1.54) is 21.6 Å². The Kier molecular flexibility index (Phi) is 6.24. The largest absolute Gasteiger partial charge is 0.385 e. The van der Waals surface area contributed by atoms with Gasteiger partial charge in [-0.2, -0.15) is 0 Å². The Morgan fingerprint density at radius 1 is 1.32 bits per heavy atom. The number of carbonyl (C=O) groups is 1. The maximum atomic E-state index is 12.9. The summed E-state index contributed by atoms with van der Waals surface area (Å²) in [7, 11) is 1.70. The smallest absolute Gasteiger partial charge is 0.237 e. The van der Waals surface area contributed by atoms with E-state index in [0.29, 0.717) is 6.54 Å². The number of aryl methyl sites for hydroxylation is 1. The molecule has 0 saturated carbocycles. The Balaban J connectivity index is 1.78. The van der Waals surface area contributed by atoms with Gasteiger partial charge in [0.1, 0.15) is 0 Å². The number of benzene rings is 1. The fourth-order valence-electron chi connectivity index (χ4n) is 3.45. The van der Waals surface area contributed by atoms with Crippen molar-refractivity contribution in [1.82, 2.24) is 10.2 Å². The fraction of sp³-hybridized carbons (Fsp3) is 0.450. The van der Waals surface area contributed by atoms with Gasteiger partial charge in [0, 0.05) is 25.1 Å². The van der Waals surface area contributed by atoms with Crippen LogP contribution in [0.3, 0.4) is 0 Å². The van der Waals surface area contributed by atoms with Crippen molar-refractivity contribution in [2.24, 2.45) is 0 Å². The summed E-state index contributed by atoms with van der Waals surface area (Å²) in [6.45, 7) is 4.81. The van der Waals surface area contributed by atoms with E-state index in [9.17, 15) is 4.79 Å². The number of rotatable bonds is 7. The zero-order valence-electron chi connectivity index (χ0n) is 15.0. The molecule has 0 radical (unpaired) electrons. The van der Waals surface area contributed by atoms with Gasteiger partial charge in [-0.15, -0.1) is 11.3 Å². The van der Waals surface area contributed by atoms with Crippen LogP contribution in [0.1, 0.15) is 34.0 Å². The van der Waals surface area contributed by atoms with Crippen LogP contribution >= 0.6 is 11.3 Å². The lowest BCUT2D eigenvalue weighted by Gasteiger charge is -2.37. The molecule has 1 aromatic heterocycles. The maximum Gasteiger partial charge on any atom is 0.237 e. The molecular formula is C20H26N2O2S. The molecule has 1 amide bonds. The lowest BCUT2D eigenvalue weighted by Crippen LogP contribution is -2.44. The molecule has 1 aliphatic rings. The SMILES string of the molecule is COCCCNCC(=O)N1CCc2sccc2[C@@H]1c1ccccc1C. The van der Waals surface area contributed by atoms with Gasteiger partial charge in [-0.3, -0.25) is 4.79 Å². The number of ether oxygens (including phenoxy) is 1. The minimum absolute atomic E-state index is 0.0319. The average molecular weight is 359 g/mol. The first-order chi connectivity index (χ1) is 12.2. The molecular weight excluding hydrogens is 332 g/mol. The van der Waals surface area contributed by atoms with Crippen molar-refractivity contribution in [3.05, 3.63) is 57.3 Å². The summed E-state index contributed by atoms with van der Waals surface area (Å²) in [6, 6.07) is 10.6. The lowest BCUT2D eigenvalue weighted by molar-refractivity contribution is -0.132. The van der Waals surface area contributed by atoms with Gasteiger partial charge in [-0.05, 0) is 54.4 Å². The molecule has 0 bridgehead atoms. The molecule has 1 aromatic carbocycles. The summed E-state index contributed by atoms with van der Waals surface area (Å²) < 4.78 is 5.05. The summed E-state index contributed by atoms with van der Waals surface area (Å²) in [5.41, 5.74) is 3.75. The Morgan fingerprint density at radius 2 is 2.16 bits per heavy atom. The molecule has 0 spiro atoms. The van der Waals surface area contributed by atoms with Gasteiger partial charge in [0.2, 0.25) is 5.91 Å². The molecule has 0 saturated heterocycles. The quantitative estimate of drug-likeness (QED) is 0.773. The third-order valence-corrected chi connectivity index (χ3v) is 5.74. The van der Waals surface area contributed by atoms with Gasteiger partial charge < -0.3 is 15.0 Å². The van der Waals surface area contributed by atoms with Crippen LogP contribution in [-0.4, -0.2) is 44.2 Å². The van der Waals surface area contributed by atoms with Crippen LogP contribution in [0.15, 0.2) is 35.7 Å². The van der Waals surface area contributed by atoms with Crippen molar-refractivity contribution in [1.29, 1.82) is 0 Å². The molecule has 2 aromatic rings. The Morgan fingerprint density at radius 3 is 2.96 bits per heavy atom. The molecule has 0 fully saturated rings. The van der Waals surface area contributed by atoms with E-state index in [4.69, 9.17) is 4.74 Å². The van der Waals surface area contributed by atoms with Crippen LogP contribution in [0.5, 0.6) is 0 Å². The van der Waals surface area contributed by atoms with Crippen molar-refractivity contribution in [2.75, 3.05) is 33.4 Å². The summed E-state index contributed by atoms with van der Waals surface area (Å²) in [4.78, 5) is 16.3. The Bertz CT molecular complexity index is 713. The molecule has 25 heavy (non-hydrogen) atoms. The topological polar surface area (TPSA) is 41.6 Å². The minimum atomic E-state index is 0.0319. The number of fused-ring (bicyclic) bond motifs is 1. The van der Waals surface area contributed by atoms with E-state index in [1.807, 2.05) is 4.90 Å². The zero-order valence-corrected chi connectivity index (χ0v) is 15.8. The highest BCUT2D eigenvalue weighted by molar-refractivity contribution is 7.10. The molecule has 0 unspecified atom stereocenters. The van der Waals surface area contributed by atoms with Gasteiger partial charge in [0.15, 0.2) is 0 Å². The number of hydrogen-bond acceptors (Lipinski definition) is 4. The molecule has 1 aliphatic heterocycles. The third kappa shape index (κ3) is 4.11. The lowest BCUT2D eigenvalue weighted by atomic mass is 9.90. The van der Waals surface area contributed by atoms with E-state index in [-0.39, 0.29) is 11.9 Å². The van der Waals surface area contributed by atoms with Crippen LogP contribution in [0, 0.1) is 6.92 Å². The Labute approximate surface area is 153 Å². The first-order valence-electron chi connectivity index (χ1n) is 8.83. The number of methoxy groups -OCH3 is 1. The van der Waals surface area contributed by atoms with Gasteiger partial charge in [-0.25, -0.2) is 0 Å². The Hall–Kier alpha value is -1.69. The molecule has 2 heterocycles. The summed E-state index contributed by atoms with van der Waals surface area (Å²) in [5, 5.41) is 5.40. The van der Waals surface area contributed by atoms with Crippen molar-refractivity contribution >= 4 is 17.2 Å². The monoisotopic (exact) mass is 358 g/mol. The van der Waals surface area contributed by atoms with Crippen LogP contribution in [0.4, 0.5) is 0 Å². The van der Waals surface area contributed by atoms with Crippen LogP contribution in [0.25, 0.3) is 0 Å². The van der Waals surface area contributed by atoms with Crippen molar-refractivity contribution in [3.8, 4) is 0 Å². The molecule has 5 heteroatoms. The number of nitrogens with zero attached hydrogens (tertiary/aromatic N) is 1. The highest BCUT2D eigenvalue weighted by Crippen LogP contribution is 2.38. The number of nitrogens with one attached hydrogen (secondary N) is 1. The van der Waals surface area contributed by atoms with Crippen LogP contribution in [0.2, 0.25) is 0 Å². The van der Waals surface area contributed by atoms with Gasteiger partial charge in [0.05, 0.1) is 12.6 Å². The highest BCUT2D eigenvalue weighted by atomic mass is 32.1. The van der Waals surface area contributed by atoms with Crippen molar-refractivity contribution in [2.45, 2.75) is 25.8 Å². The molecule has 1 atom stereocenters. The first kappa shape index (κ1) is 18.1. The zero-order chi connectivity index (χ0) is 17.6. The van der Waals surface area contributed by atoms with Gasteiger partial charge in [0.25, 0.3) is 0 Å². The van der Waals surface area contributed by atoms with E-state index >= 15 is 0 Å². The molecule has 3 rings (SSSR count). The normalized spacial score (nSPS) is 16.7. The summed E-state index contributed by atoms with van der Waals surface area (Å²) in [5.74, 6) is 0.169. The van der Waals surface area contributed by atoms with Crippen molar-refractivity contribution < 1.29 is 9.53 Å². The van der Waals surface area contributed by atoms with Gasteiger partial charge in [-0.1, -0.05) is 24.3 Å². The van der Waals surface area contributed by atoms with E-state index in [0.717, 1.165) is 32.5 Å². The number of amides is 1. The third-order valence-electron chi connectivity index (χ3n) is 4.75. The molecule has 4 nitrogen and oxygen atoms in total. The highest BCUT2D eigenvalue weighted by Gasteiger charge is 2.33. The second-order valence-corrected chi connectivity index (χ2v) is 7.42. The second kappa shape index (κ2) is 8.61. The van der Waals surface area contributed by atoms with E-state index in [1.54, 1.807) is 18.4 Å². The maximum absolute atomic E-state index is 12.9. The van der Waals surface area contributed by atoms with Gasteiger partial charge >= 0.3 is 0 Å². The molecule has 0 aliphatic carbocycles. The fourth-order valence-corrected chi connectivity index (χ4v) is 4.36. The predicted molar refractivity (Wildman–Crippen MR) is 102 cm³/mol. The predicted octanol–water partition coefficient (Wildman–Crippen LogP) is 3.16. The van der Waals surface area contributed by atoms with Crippen molar-refractivity contribution in [3.63, 3.8) is 0 Å². The number of hydrogen-bond donors (Lipinski definition) is 1. The number of carbonyl (C=O) groups excluding carboxylic acids is 1.